The Balaban J connectivity index is 2.17. The van der Waals surface area contributed by atoms with Crippen LogP contribution in [0.1, 0.15) is 46.0 Å². The monoisotopic (exact) mass is 255 g/mol. The van der Waals surface area contributed by atoms with Crippen molar-refractivity contribution in [1.29, 1.82) is 0 Å². The van der Waals surface area contributed by atoms with Crippen LogP contribution in [0.2, 0.25) is 0 Å². The summed E-state index contributed by atoms with van der Waals surface area (Å²) in [6.07, 6.45) is 7.07. The van der Waals surface area contributed by atoms with Crippen LogP contribution in [-0.4, -0.2) is 62.2 Å². The molecule has 0 bridgehead atoms. The van der Waals surface area contributed by atoms with Gasteiger partial charge in [-0.1, -0.05) is 26.2 Å². The van der Waals surface area contributed by atoms with E-state index in [0.29, 0.717) is 6.04 Å². The van der Waals surface area contributed by atoms with E-state index in [1.165, 1.54) is 38.6 Å². The van der Waals surface area contributed by atoms with E-state index in [4.69, 9.17) is 0 Å². The molecule has 1 saturated carbocycles. The maximum absolute atomic E-state index is 3.74. The van der Waals surface area contributed by atoms with Gasteiger partial charge in [0, 0.05) is 31.7 Å². The van der Waals surface area contributed by atoms with Crippen LogP contribution in [0, 0.1) is 0 Å². The molecule has 0 radical (unpaired) electrons. The summed E-state index contributed by atoms with van der Waals surface area (Å²) in [6, 6.07) is 1.44. The lowest BCUT2D eigenvalue weighted by molar-refractivity contribution is 0.179. The van der Waals surface area contributed by atoms with Crippen LogP contribution in [0.25, 0.3) is 0 Å². The molecule has 0 spiro atoms. The van der Waals surface area contributed by atoms with Crippen molar-refractivity contribution in [2.24, 2.45) is 0 Å². The molecule has 0 amide bonds. The van der Waals surface area contributed by atoms with E-state index in [9.17, 15) is 0 Å². The molecule has 3 heteroatoms. The molecule has 1 aliphatic carbocycles. The van der Waals surface area contributed by atoms with Gasteiger partial charge < -0.3 is 10.2 Å². The normalized spacial score (nSPS) is 19.7. The van der Waals surface area contributed by atoms with Crippen LogP contribution in [-0.2, 0) is 0 Å². The molecule has 0 aliphatic heterocycles. The standard InChI is InChI=1S/C15H33N3/c1-5-18(14(2)13-17(3)4)12-11-16-15-9-7-6-8-10-15/h14-16H,5-13H2,1-4H3. The summed E-state index contributed by atoms with van der Waals surface area (Å²) < 4.78 is 0. The second kappa shape index (κ2) is 8.89. The molecule has 1 N–H and O–H groups in total. The fourth-order valence-corrected chi connectivity index (χ4v) is 3.05. The van der Waals surface area contributed by atoms with Gasteiger partial charge in [0.2, 0.25) is 0 Å². The molecule has 0 heterocycles. The minimum absolute atomic E-state index is 0.651. The second-order valence-corrected chi connectivity index (χ2v) is 6.03. The van der Waals surface area contributed by atoms with Crippen molar-refractivity contribution in [3.05, 3.63) is 0 Å². The number of likely N-dealkylation sites (N-methyl/N-ethyl adjacent to an activating group) is 2. The van der Waals surface area contributed by atoms with Crippen LogP contribution in [0.15, 0.2) is 0 Å². The van der Waals surface area contributed by atoms with Gasteiger partial charge >= 0.3 is 0 Å². The topological polar surface area (TPSA) is 18.5 Å². The van der Waals surface area contributed by atoms with Crippen LogP contribution >= 0.6 is 0 Å². The van der Waals surface area contributed by atoms with Crippen molar-refractivity contribution in [2.75, 3.05) is 40.3 Å². The SMILES string of the molecule is CCN(CCNC1CCCCC1)C(C)CN(C)C. The first kappa shape index (κ1) is 15.9. The Morgan fingerprint density at radius 3 is 2.39 bits per heavy atom. The van der Waals surface area contributed by atoms with E-state index >= 15 is 0 Å². The van der Waals surface area contributed by atoms with Gasteiger partial charge in [-0.15, -0.1) is 0 Å². The first-order chi connectivity index (χ1) is 8.63. The fourth-order valence-electron chi connectivity index (χ4n) is 3.05. The lowest BCUT2D eigenvalue weighted by atomic mass is 9.95. The zero-order valence-electron chi connectivity index (χ0n) is 12.9. The number of rotatable bonds is 8. The van der Waals surface area contributed by atoms with Crippen molar-refractivity contribution in [3.8, 4) is 0 Å². The lowest BCUT2D eigenvalue weighted by Gasteiger charge is -2.31. The van der Waals surface area contributed by atoms with Gasteiger partial charge in [0.05, 0.1) is 0 Å². The third kappa shape index (κ3) is 6.17. The molecule has 18 heavy (non-hydrogen) atoms. The average molecular weight is 255 g/mol. The maximum Gasteiger partial charge on any atom is 0.0195 e. The molecule has 3 nitrogen and oxygen atoms in total. The van der Waals surface area contributed by atoms with E-state index in [2.05, 4.69) is 43.1 Å². The summed E-state index contributed by atoms with van der Waals surface area (Å²) in [5.74, 6) is 0. The highest BCUT2D eigenvalue weighted by atomic mass is 15.2. The van der Waals surface area contributed by atoms with E-state index < -0.39 is 0 Å². The molecule has 0 aromatic carbocycles. The highest BCUT2D eigenvalue weighted by Crippen LogP contribution is 2.17. The predicted molar refractivity (Wildman–Crippen MR) is 80.1 cm³/mol. The molecular formula is C15H33N3. The molecule has 0 aromatic rings. The van der Waals surface area contributed by atoms with Crippen LogP contribution in [0.4, 0.5) is 0 Å². The summed E-state index contributed by atoms with van der Waals surface area (Å²) in [4.78, 5) is 4.86. The highest BCUT2D eigenvalue weighted by molar-refractivity contribution is 4.74. The molecule has 1 atom stereocenters. The Hall–Kier alpha value is -0.120. The molecule has 0 saturated heterocycles. The summed E-state index contributed by atoms with van der Waals surface area (Å²) in [5.41, 5.74) is 0. The quantitative estimate of drug-likeness (QED) is 0.717. The Labute approximate surface area is 114 Å². The molecular weight excluding hydrogens is 222 g/mol. The number of nitrogens with zero attached hydrogens (tertiary/aromatic N) is 2. The predicted octanol–water partition coefficient (Wildman–Crippen LogP) is 2.18. The Bertz CT molecular complexity index is 200. The molecule has 108 valence electrons. The molecule has 1 rings (SSSR count). The third-order valence-corrected chi connectivity index (χ3v) is 4.10. The van der Waals surface area contributed by atoms with Gasteiger partial charge in [-0.05, 0) is 40.4 Å². The second-order valence-electron chi connectivity index (χ2n) is 6.03. The Kier molecular flexibility index (Phi) is 7.87. The lowest BCUT2D eigenvalue weighted by Crippen LogP contribution is -2.44. The summed E-state index contributed by atoms with van der Waals surface area (Å²) in [5, 5.41) is 3.74. The van der Waals surface area contributed by atoms with E-state index in [1.807, 2.05) is 0 Å². The fraction of sp³-hybridized carbons (Fsp3) is 1.00. The van der Waals surface area contributed by atoms with E-state index in [0.717, 1.165) is 25.7 Å². The number of hydrogen-bond acceptors (Lipinski definition) is 3. The van der Waals surface area contributed by atoms with Crippen molar-refractivity contribution in [2.45, 2.75) is 58.0 Å². The van der Waals surface area contributed by atoms with Gasteiger partial charge in [0.25, 0.3) is 0 Å². The minimum atomic E-state index is 0.651. The Morgan fingerprint density at radius 1 is 1.17 bits per heavy atom. The van der Waals surface area contributed by atoms with Gasteiger partial charge in [0.1, 0.15) is 0 Å². The van der Waals surface area contributed by atoms with Gasteiger partial charge in [0.15, 0.2) is 0 Å². The van der Waals surface area contributed by atoms with Crippen molar-refractivity contribution in [3.63, 3.8) is 0 Å². The van der Waals surface area contributed by atoms with Crippen molar-refractivity contribution in [1.82, 2.24) is 15.1 Å². The summed E-state index contributed by atoms with van der Waals surface area (Å²) >= 11 is 0. The van der Waals surface area contributed by atoms with E-state index in [-0.39, 0.29) is 0 Å². The summed E-state index contributed by atoms with van der Waals surface area (Å²) in [6.45, 7) is 9.24. The van der Waals surface area contributed by atoms with Crippen LogP contribution < -0.4 is 5.32 Å². The van der Waals surface area contributed by atoms with Crippen molar-refractivity contribution >= 4 is 0 Å². The van der Waals surface area contributed by atoms with Gasteiger partial charge in [-0.25, -0.2) is 0 Å². The highest BCUT2D eigenvalue weighted by Gasteiger charge is 2.15. The first-order valence-electron chi connectivity index (χ1n) is 7.75. The zero-order chi connectivity index (χ0) is 13.4. The van der Waals surface area contributed by atoms with Crippen LogP contribution in [0.3, 0.4) is 0 Å². The van der Waals surface area contributed by atoms with Gasteiger partial charge in [-0.3, -0.25) is 4.90 Å². The molecule has 1 unspecified atom stereocenters. The van der Waals surface area contributed by atoms with Gasteiger partial charge in [-0.2, -0.15) is 0 Å². The van der Waals surface area contributed by atoms with Crippen LogP contribution in [0.5, 0.6) is 0 Å². The first-order valence-corrected chi connectivity index (χ1v) is 7.75. The molecule has 1 fully saturated rings. The third-order valence-electron chi connectivity index (χ3n) is 4.10. The number of nitrogens with one attached hydrogen (secondary N) is 1. The summed E-state index contributed by atoms with van der Waals surface area (Å²) in [7, 11) is 4.31. The Morgan fingerprint density at radius 2 is 1.83 bits per heavy atom. The molecule has 0 aromatic heterocycles. The maximum atomic E-state index is 3.74. The largest absolute Gasteiger partial charge is 0.313 e. The van der Waals surface area contributed by atoms with Crippen molar-refractivity contribution < 1.29 is 0 Å². The minimum Gasteiger partial charge on any atom is -0.313 e. The number of hydrogen-bond donors (Lipinski definition) is 1. The smallest absolute Gasteiger partial charge is 0.0195 e. The van der Waals surface area contributed by atoms with E-state index in [1.54, 1.807) is 0 Å². The zero-order valence-corrected chi connectivity index (χ0v) is 12.9. The molecule has 1 aliphatic rings. The average Bonchev–Trinajstić information content (AvgIpc) is 2.35.